The van der Waals surface area contributed by atoms with Crippen molar-refractivity contribution in [2.24, 2.45) is 0 Å². The van der Waals surface area contributed by atoms with Gasteiger partial charge in [-0.25, -0.2) is 4.39 Å². The molecule has 0 spiro atoms. The van der Waals surface area contributed by atoms with E-state index in [0.717, 1.165) is 0 Å². The number of esters is 1. The highest BCUT2D eigenvalue weighted by atomic mass is 19.1. The number of benzene rings is 1. The number of hydrogen-bond donors (Lipinski definition) is 1. The van der Waals surface area contributed by atoms with Crippen LogP contribution in [0.2, 0.25) is 0 Å². The second-order valence-electron chi connectivity index (χ2n) is 2.62. The number of carbonyl (C=O) groups excluding carboxylic acids is 1. The Bertz CT molecular complexity index is 347. The summed E-state index contributed by atoms with van der Waals surface area (Å²) in [6.45, 7) is 2.58. The summed E-state index contributed by atoms with van der Waals surface area (Å²) >= 11 is 0. The number of phenolic OH excluding ortho intramolecular Hbond substituents is 1. The molecule has 70 valence electrons. The number of hydrogen-bond acceptors (Lipinski definition) is 3. The third-order valence-electron chi connectivity index (χ3n) is 1.58. The van der Waals surface area contributed by atoms with Gasteiger partial charge < -0.3 is 9.84 Å². The fourth-order valence-electron chi connectivity index (χ4n) is 0.884. The maximum atomic E-state index is 13.2. The maximum absolute atomic E-state index is 13.2. The molecule has 3 nitrogen and oxygen atoms in total. The summed E-state index contributed by atoms with van der Waals surface area (Å²) in [5.41, 5.74) is 0.0683. The monoisotopic (exact) mass is 184 g/mol. The third kappa shape index (κ3) is 1.96. The molecular weight excluding hydrogens is 175 g/mol. The predicted molar refractivity (Wildman–Crippen MR) is 44.1 cm³/mol. The largest absolute Gasteiger partial charge is 0.508 e. The highest BCUT2D eigenvalue weighted by Crippen LogP contribution is 2.27. The van der Waals surface area contributed by atoms with Crippen molar-refractivity contribution in [3.05, 3.63) is 23.5 Å². The van der Waals surface area contributed by atoms with Gasteiger partial charge in [-0.05, 0) is 19.1 Å². The Kier molecular flexibility index (Phi) is 2.51. The Labute approximate surface area is 74.8 Å². The number of rotatable bonds is 1. The molecule has 0 aliphatic rings. The van der Waals surface area contributed by atoms with Crippen LogP contribution in [0.4, 0.5) is 4.39 Å². The van der Waals surface area contributed by atoms with Gasteiger partial charge in [-0.2, -0.15) is 0 Å². The van der Waals surface area contributed by atoms with E-state index < -0.39 is 11.8 Å². The summed E-state index contributed by atoms with van der Waals surface area (Å²) in [5.74, 6) is -1.63. The van der Waals surface area contributed by atoms with Crippen LogP contribution in [-0.4, -0.2) is 11.1 Å². The van der Waals surface area contributed by atoms with Crippen LogP contribution in [0.5, 0.6) is 11.5 Å². The number of aromatic hydroxyl groups is 1. The van der Waals surface area contributed by atoms with Crippen molar-refractivity contribution in [1.82, 2.24) is 0 Å². The summed E-state index contributed by atoms with van der Waals surface area (Å²) in [5, 5.41) is 9.08. The lowest BCUT2D eigenvalue weighted by atomic mass is 10.2. The van der Waals surface area contributed by atoms with Crippen molar-refractivity contribution in [1.29, 1.82) is 0 Å². The zero-order chi connectivity index (χ0) is 10.0. The molecule has 0 aliphatic carbocycles. The Hall–Kier alpha value is -1.58. The standard InChI is InChI=1S/C9H9FO3/c1-5-7(12)3-4-8(9(5)10)13-6(2)11/h3-4,12H,1-2H3. The van der Waals surface area contributed by atoms with E-state index in [0.29, 0.717) is 0 Å². The molecule has 0 bridgehead atoms. The van der Waals surface area contributed by atoms with E-state index in [9.17, 15) is 9.18 Å². The molecular formula is C9H9FO3. The molecule has 1 rings (SSSR count). The van der Waals surface area contributed by atoms with Crippen molar-refractivity contribution in [3.63, 3.8) is 0 Å². The lowest BCUT2D eigenvalue weighted by Crippen LogP contribution is -2.03. The minimum absolute atomic E-state index is 0.0683. The molecule has 0 saturated carbocycles. The Morgan fingerprint density at radius 3 is 2.69 bits per heavy atom. The first kappa shape index (κ1) is 9.51. The summed E-state index contributed by atoms with van der Waals surface area (Å²) in [7, 11) is 0. The first-order valence-corrected chi connectivity index (χ1v) is 3.69. The van der Waals surface area contributed by atoms with Crippen molar-refractivity contribution < 1.29 is 19.0 Å². The van der Waals surface area contributed by atoms with Crippen molar-refractivity contribution in [3.8, 4) is 11.5 Å². The van der Waals surface area contributed by atoms with Gasteiger partial charge in [0.25, 0.3) is 0 Å². The topological polar surface area (TPSA) is 46.5 Å². The molecule has 13 heavy (non-hydrogen) atoms. The van der Waals surface area contributed by atoms with Gasteiger partial charge in [0.2, 0.25) is 0 Å². The molecule has 1 N–H and O–H groups in total. The summed E-state index contributed by atoms with van der Waals surface area (Å²) < 4.78 is 17.7. The fraction of sp³-hybridized carbons (Fsp3) is 0.222. The quantitative estimate of drug-likeness (QED) is 0.534. The first-order valence-electron chi connectivity index (χ1n) is 3.69. The van der Waals surface area contributed by atoms with Gasteiger partial charge in [0.1, 0.15) is 5.75 Å². The third-order valence-corrected chi connectivity index (χ3v) is 1.58. The second-order valence-corrected chi connectivity index (χ2v) is 2.62. The van der Waals surface area contributed by atoms with Gasteiger partial charge >= 0.3 is 5.97 Å². The zero-order valence-electron chi connectivity index (χ0n) is 7.30. The van der Waals surface area contributed by atoms with Crippen molar-refractivity contribution in [2.75, 3.05) is 0 Å². The summed E-state index contributed by atoms with van der Waals surface area (Å²) in [6, 6.07) is 2.48. The highest BCUT2D eigenvalue weighted by Gasteiger charge is 2.11. The van der Waals surface area contributed by atoms with E-state index in [1.54, 1.807) is 0 Å². The minimum atomic E-state index is -0.713. The number of phenols is 1. The van der Waals surface area contributed by atoms with E-state index in [-0.39, 0.29) is 17.1 Å². The molecule has 0 saturated heterocycles. The Morgan fingerprint density at radius 1 is 1.54 bits per heavy atom. The van der Waals surface area contributed by atoms with Gasteiger partial charge in [0.15, 0.2) is 11.6 Å². The lowest BCUT2D eigenvalue weighted by Gasteiger charge is -2.05. The molecule has 0 aliphatic heterocycles. The van der Waals surface area contributed by atoms with Crippen molar-refractivity contribution in [2.45, 2.75) is 13.8 Å². The average Bonchev–Trinajstić information content (AvgIpc) is 2.06. The molecule has 0 radical (unpaired) electrons. The minimum Gasteiger partial charge on any atom is -0.508 e. The second kappa shape index (κ2) is 3.43. The molecule has 4 heteroatoms. The van der Waals surface area contributed by atoms with Crippen LogP contribution in [0.15, 0.2) is 12.1 Å². The normalized spacial score (nSPS) is 9.77. The molecule has 0 unspecified atom stereocenters. The van der Waals surface area contributed by atoms with Crippen LogP contribution in [0.3, 0.4) is 0 Å². The van der Waals surface area contributed by atoms with Gasteiger partial charge in [0.05, 0.1) is 0 Å². The molecule has 0 atom stereocenters. The van der Waals surface area contributed by atoms with E-state index in [1.165, 1.54) is 26.0 Å². The smallest absolute Gasteiger partial charge is 0.308 e. The van der Waals surface area contributed by atoms with Crippen LogP contribution in [0.25, 0.3) is 0 Å². The highest BCUT2D eigenvalue weighted by molar-refractivity contribution is 5.69. The first-order chi connectivity index (χ1) is 6.02. The molecule has 0 aromatic heterocycles. The van der Waals surface area contributed by atoms with Gasteiger partial charge in [-0.3, -0.25) is 4.79 Å². The van der Waals surface area contributed by atoms with Gasteiger partial charge in [-0.1, -0.05) is 0 Å². The zero-order valence-corrected chi connectivity index (χ0v) is 7.30. The van der Waals surface area contributed by atoms with Crippen LogP contribution in [0, 0.1) is 12.7 Å². The SMILES string of the molecule is CC(=O)Oc1ccc(O)c(C)c1F. The van der Waals surface area contributed by atoms with Crippen LogP contribution >= 0.6 is 0 Å². The van der Waals surface area contributed by atoms with E-state index >= 15 is 0 Å². The Balaban J connectivity index is 3.10. The number of carbonyl (C=O) groups is 1. The predicted octanol–water partition coefficient (Wildman–Crippen LogP) is 1.77. The summed E-state index contributed by atoms with van der Waals surface area (Å²) in [4.78, 5) is 10.5. The van der Waals surface area contributed by atoms with Crippen LogP contribution < -0.4 is 4.74 Å². The number of ether oxygens (including phenoxy) is 1. The molecule has 1 aromatic rings. The van der Waals surface area contributed by atoms with Crippen LogP contribution in [0.1, 0.15) is 12.5 Å². The van der Waals surface area contributed by atoms with E-state index in [1.807, 2.05) is 0 Å². The lowest BCUT2D eigenvalue weighted by molar-refractivity contribution is -0.132. The molecule has 0 fully saturated rings. The van der Waals surface area contributed by atoms with Gasteiger partial charge in [-0.15, -0.1) is 0 Å². The molecule has 0 heterocycles. The van der Waals surface area contributed by atoms with Gasteiger partial charge in [0, 0.05) is 12.5 Å². The fourth-order valence-corrected chi connectivity index (χ4v) is 0.884. The maximum Gasteiger partial charge on any atom is 0.308 e. The molecule has 0 amide bonds. The Morgan fingerprint density at radius 2 is 2.15 bits per heavy atom. The molecule has 1 aromatic carbocycles. The van der Waals surface area contributed by atoms with E-state index in [4.69, 9.17) is 5.11 Å². The van der Waals surface area contributed by atoms with Crippen LogP contribution in [-0.2, 0) is 4.79 Å². The summed E-state index contributed by atoms with van der Waals surface area (Å²) in [6.07, 6.45) is 0. The van der Waals surface area contributed by atoms with Crippen molar-refractivity contribution >= 4 is 5.97 Å². The van der Waals surface area contributed by atoms with E-state index in [2.05, 4.69) is 4.74 Å². The number of halogens is 1. The average molecular weight is 184 g/mol.